The summed E-state index contributed by atoms with van der Waals surface area (Å²) in [4.78, 5) is 88.2. The zero-order valence-corrected chi connectivity index (χ0v) is 45.9. The van der Waals surface area contributed by atoms with Crippen molar-refractivity contribution < 1.29 is 28.8 Å². The van der Waals surface area contributed by atoms with Gasteiger partial charge in [-0.05, 0) is 158 Å². The van der Waals surface area contributed by atoms with Crippen molar-refractivity contribution in [3.05, 3.63) is 82.2 Å². The average Bonchev–Trinajstić information content (AvgIpc) is 4.28. The lowest BCUT2D eigenvalue weighted by atomic mass is 9.87. The Morgan fingerprint density at radius 3 is 1.38 bits per heavy atom. The fourth-order valence-electron chi connectivity index (χ4n) is 12.3. The van der Waals surface area contributed by atoms with E-state index in [-0.39, 0.29) is 59.4 Å². The van der Waals surface area contributed by atoms with Gasteiger partial charge in [0.2, 0.25) is 35.4 Å². The van der Waals surface area contributed by atoms with Crippen molar-refractivity contribution in [3.63, 3.8) is 0 Å². The van der Waals surface area contributed by atoms with E-state index in [1.54, 1.807) is 37.7 Å². The number of carbonyl (C=O) groups is 6. The quantitative estimate of drug-likeness (QED) is 0.0744. The lowest BCUT2D eigenvalue weighted by molar-refractivity contribution is -0.143. The molecule has 5 heterocycles. The minimum absolute atomic E-state index is 0.120. The Labute approximate surface area is 452 Å². The molecule has 414 valence electrons. The van der Waals surface area contributed by atoms with Gasteiger partial charge in [0.25, 0.3) is 0 Å². The first-order chi connectivity index (χ1) is 37.3. The first-order valence-corrected chi connectivity index (χ1v) is 28.4. The topological polar surface area (TPSA) is 242 Å². The van der Waals surface area contributed by atoms with Crippen LogP contribution in [0.3, 0.4) is 0 Å². The second-order valence-corrected chi connectivity index (χ2v) is 22.3. The number of fused-ring (bicyclic) bond motifs is 5. The van der Waals surface area contributed by atoms with E-state index in [0.29, 0.717) is 88.9 Å². The molecular weight excluding hydrogens is 977 g/mol. The molecule has 77 heavy (non-hydrogen) atoms. The Kier molecular flexibility index (Phi) is 17.8. The van der Waals surface area contributed by atoms with Crippen LogP contribution in [-0.4, -0.2) is 139 Å². The Morgan fingerprint density at radius 2 is 0.961 bits per heavy atom. The number of nitrogens with one attached hydrogen (secondary N) is 6. The third-order valence-corrected chi connectivity index (χ3v) is 17.2. The summed E-state index contributed by atoms with van der Waals surface area (Å²) in [5.74, 6) is -2.24. The SMILES string of the molecule is CN[C@@H](C)C(=O)NC(C(=O)N1CCC[C@H]1C(=O)NC1CCCc2ccccc21)[C@@H](C)CCc1nnn2c1-c1c(CC[C@H](C)[C@H](NC(=O)[C@H](C)NC)C(=O)N3CCC[C@H]3C(=O)N[C@@H]3CCCc4ccccc43)nnn1CCC2. The first kappa shape index (κ1) is 55.2. The number of hydrogen-bond acceptors (Lipinski definition) is 12. The van der Waals surface area contributed by atoms with Crippen molar-refractivity contribution in [1.29, 1.82) is 0 Å². The van der Waals surface area contributed by atoms with Gasteiger partial charge in [0.15, 0.2) is 0 Å². The van der Waals surface area contributed by atoms with Crippen LogP contribution in [0.15, 0.2) is 48.5 Å². The largest absolute Gasteiger partial charge is 0.347 e. The summed E-state index contributed by atoms with van der Waals surface area (Å²) in [5, 5.41) is 37.3. The van der Waals surface area contributed by atoms with Crippen molar-refractivity contribution in [2.45, 2.75) is 185 Å². The molecule has 0 radical (unpaired) electrons. The lowest BCUT2D eigenvalue weighted by Crippen LogP contribution is -2.57. The number of hydrogen-bond donors (Lipinski definition) is 6. The first-order valence-electron chi connectivity index (χ1n) is 28.4. The smallest absolute Gasteiger partial charge is 0.246 e. The Morgan fingerprint density at radius 1 is 0.545 bits per heavy atom. The van der Waals surface area contributed by atoms with Crippen LogP contribution in [0.5, 0.6) is 0 Å². The van der Waals surface area contributed by atoms with E-state index >= 15 is 0 Å². The molecule has 2 fully saturated rings. The molecule has 6 N–H and O–H groups in total. The molecule has 4 aromatic rings. The molecule has 9 rings (SSSR count). The van der Waals surface area contributed by atoms with Crippen molar-refractivity contribution in [1.82, 2.24) is 71.7 Å². The van der Waals surface area contributed by atoms with E-state index in [1.165, 1.54) is 11.1 Å². The van der Waals surface area contributed by atoms with E-state index in [4.69, 9.17) is 10.2 Å². The molecule has 20 nitrogen and oxygen atoms in total. The van der Waals surface area contributed by atoms with E-state index in [2.05, 4.69) is 66.6 Å². The van der Waals surface area contributed by atoms with Gasteiger partial charge in [-0.15, -0.1) is 10.2 Å². The molecule has 2 aliphatic carbocycles. The summed E-state index contributed by atoms with van der Waals surface area (Å²) in [7, 11) is 3.40. The highest BCUT2D eigenvalue weighted by Crippen LogP contribution is 2.35. The highest BCUT2D eigenvalue weighted by atomic mass is 16.2. The highest BCUT2D eigenvalue weighted by Gasteiger charge is 2.43. The number of likely N-dealkylation sites (tertiary alicyclic amines) is 2. The number of likely N-dealkylation sites (N-methyl/N-ethyl adjacent to an activating group) is 2. The molecule has 0 bridgehead atoms. The summed E-state index contributed by atoms with van der Waals surface area (Å²) >= 11 is 0. The van der Waals surface area contributed by atoms with Gasteiger partial charge in [0, 0.05) is 26.2 Å². The standard InChI is InChI=1S/C57H80N14O6/c1-34(48(62-52(72)36(3)58-5)56(76)68-30-13-24-46(68)54(74)60-42-22-11-18-38-16-7-9-20-40(38)42)26-28-44-50-51-45(65-67-71(51)33-15-32-70(50)66-64-44)29-27-35(2)49(63-53(73)37(4)59-6)57(77)69-31-14-25-47(69)55(75)61-43-23-12-19-39-17-8-10-21-41(39)43/h7-10,16-17,20-21,34-37,42-43,46-49,58-59H,11-15,18-19,22-33H2,1-6H3,(H,60,74)(H,61,75)(H,62,72)(H,63,73)/t34-,35-,36-,37-,42+,43?,46-,47-,48-,49?/m0/s1. The van der Waals surface area contributed by atoms with Gasteiger partial charge in [-0.25, -0.2) is 9.36 Å². The van der Waals surface area contributed by atoms with Crippen molar-refractivity contribution >= 4 is 35.4 Å². The van der Waals surface area contributed by atoms with Crippen molar-refractivity contribution in [2.75, 3.05) is 27.2 Å². The lowest BCUT2D eigenvalue weighted by Gasteiger charge is -2.33. The summed E-state index contributed by atoms with van der Waals surface area (Å²) < 4.78 is 3.78. The zero-order chi connectivity index (χ0) is 54.3. The molecule has 0 spiro atoms. The van der Waals surface area contributed by atoms with E-state index in [9.17, 15) is 28.8 Å². The zero-order valence-electron chi connectivity index (χ0n) is 45.9. The normalized spacial score (nSPS) is 22.2. The predicted molar refractivity (Wildman–Crippen MR) is 290 cm³/mol. The minimum atomic E-state index is -0.910. The maximum absolute atomic E-state index is 14.8. The number of rotatable bonds is 20. The van der Waals surface area contributed by atoms with E-state index < -0.39 is 36.3 Å². The summed E-state index contributed by atoms with van der Waals surface area (Å²) in [6, 6.07) is 12.0. The van der Waals surface area contributed by atoms with Crippen LogP contribution in [-0.2, 0) is 67.5 Å². The molecule has 10 atom stereocenters. The molecule has 0 saturated carbocycles. The number of carbonyl (C=O) groups excluding carboxylic acids is 6. The number of nitrogens with zero attached hydrogens (tertiary/aromatic N) is 8. The Balaban J connectivity index is 0.898. The van der Waals surface area contributed by atoms with Crippen LogP contribution in [0.1, 0.15) is 144 Å². The maximum atomic E-state index is 14.8. The summed E-state index contributed by atoms with van der Waals surface area (Å²) in [6.07, 6.45) is 10.5. The Bertz CT molecular complexity index is 2590. The molecule has 2 saturated heterocycles. The molecule has 5 aliphatic rings. The van der Waals surface area contributed by atoms with Crippen LogP contribution in [0, 0.1) is 11.8 Å². The van der Waals surface area contributed by atoms with Gasteiger partial charge >= 0.3 is 0 Å². The van der Waals surface area contributed by atoms with Gasteiger partial charge in [0.05, 0.1) is 35.6 Å². The van der Waals surface area contributed by atoms with E-state index in [0.717, 1.165) is 67.5 Å². The number of benzene rings is 2. The van der Waals surface area contributed by atoms with Crippen LogP contribution in [0.25, 0.3) is 11.4 Å². The van der Waals surface area contributed by atoms with E-state index in [1.807, 2.05) is 47.5 Å². The van der Waals surface area contributed by atoms with Crippen LogP contribution < -0.4 is 31.9 Å². The van der Waals surface area contributed by atoms with Gasteiger partial charge in [0.1, 0.15) is 35.6 Å². The fourth-order valence-corrected chi connectivity index (χ4v) is 12.3. The van der Waals surface area contributed by atoms with Crippen molar-refractivity contribution in [2.24, 2.45) is 11.8 Å². The maximum Gasteiger partial charge on any atom is 0.246 e. The summed E-state index contributed by atoms with van der Waals surface area (Å²) in [6.45, 7) is 9.44. The average molecular weight is 1060 g/mol. The van der Waals surface area contributed by atoms with Crippen LogP contribution >= 0.6 is 0 Å². The Hall–Kier alpha value is -6.54. The third kappa shape index (κ3) is 12.1. The summed E-state index contributed by atoms with van der Waals surface area (Å²) in [5.41, 5.74) is 7.73. The second-order valence-electron chi connectivity index (χ2n) is 22.3. The fraction of sp³-hybridized carbons (Fsp3) is 0.614. The van der Waals surface area contributed by atoms with Crippen LogP contribution in [0.4, 0.5) is 0 Å². The second kappa shape index (κ2) is 24.8. The molecule has 2 unspecified atom stereocenters. The molecule has 3 aliphatic heterocycles. The predicted octanol–water partition coefficient (Wildman–Crippen LogP) is 3.63. The van der Waals surface area contributed by atoms with Gasteiger partial charge in [-0.2, -0.15) is 0 Å². The number of aryl methyl sites for hydroxylation is 6. The number of amides is 6. The van der Waals surface area contributed by atoms with Crippen molar-refractivity contribution in [3.8, 4) is 11.4 Å². The molecule has 2 aromatic heterocycles. The van der Waals surface area contributed by atoms with Crippen LogP contribution in [0.2, 0.25) is 0 Å². The molecule has 2 aromatic carbocycles. The molecular formula is C57H80N14O6. The minimum Gasteiger partial charge on any atom is -0.347 e. The third-order valence-electron chi connectivity index (χ3n) is 17.2. The number of aromatic nitrogens is 6. The monoisotopic (exact) mass is 1060 g/mol. The van der Waals surface area contributed by atoms with Gasteiger partial charge in [-0.1, -0.05) is 72.8 Å². The van der Waals surface area contributed by atoms with Gasteiger partial charge < -0.3 is 41.7 Å². The molecule has 20 heteroatoms. The highest BCUT2D eigenvalue weighted by molar-refractivity contribution is 5.95. The molecule has 6 amide bonds. The van der Waals surface area contributed by atoms with Gasteiger partial charge in [-0.3, -0.25) is 28.8 Å².